The molecule has 0 unspecified atom stereocenters. The summed E-state index contributed by atoms with van der Waals surface area (Å²) in [6.07, 6.45) is 3.14. The number of hydrogen-bond donors (Lipinski definition) is 3. The van der Waals surface area contributed by atoms with Gasteiger partial charge in [-0.3, -0.25) is 4.79 Å². The van der Waals surface area contributed by atoms with Gasteiger partial charge in [-0.05, 0) is 47.3 Å². The van der Waals surface area contributed by atoms with Gasteiger partial charge in [-0.1, -0.05) is 11.3 Å². The molecule has 4 N–H and O–H groups in total. The van der Waals surface area contributed by atoms with Gasteiger partial charge >= 0.3 is 0 Å². The Balaban J connectivity index is 1.53. The highest BCUT2D eigenvalue weighted by Gasteiger charge is 2.24. The van der Waals surface area contributed by atoms with Crippen LogP contribution in [0, 0.1) is 0 Å². The van der Waals surface area contributed by atoms with Gasteiger partial charge in [0, 0.05) is 17.5 Å². The van der Waals surface area contributed by atoms with Crippen LogP contribution in [0.2, 0.25) is 0 Å². The lowest BCUT2D eigenvalue weighted by atomic mass is 10.3. The van der Waals surface area contributed by atoms with Gasteiger partial charge in [-0.25, -0.2) is 4.98 Å². The molecule has 112 valence electrons. The van der Waals surface area contributed by atoms with E-state index in [1.807, 2.05) is 6.07 Å². The van der Waals surface area contributed by atoms with Crippen molar-refractivity contribution in [3.63, 3.8) is 0 Å². The van der Waals surface area contributed by atoms with Crippen molar-refractivity contribution in [2.75, 3.05) is 17.6 Å². The minimum absolute atomic E-state index is 0.149. The zero-order valence-corrected chi connectivity index (χ0v) is 14.4. The van der Waals surface area contributed by atoms with Gasteiger partial charge < -0.3 is 16.4 Å². The van der Waals surface area contributed by atoms with E-state index in [1.165, 1.54) is 16.2 Å². The first-order chi connectivity index (χ1) is 10.1. The van der Waals surface area contributed by atoms with E-state index in [9.17, 15) is 4.79 Å². The number of nitrogens with two attached hydrogens (primary N) is 1. The van der Waals surface area contributed by atoms with Crippen LogP contribution >= 0.6 is 38.6 Å². The van der Waals surface area contributed by atoms with Gasteiger partial charge in [0.25, 0.3) is 5.91 Å². The molecule has 0 aromatic carbocycles. The number of carbonyl (C=O) groups excluding carboxylic acids is 1. The Morgan fingerprint density at radius 2 is 2.24 bits per heavy atom. The van der Waals surface area contributed by atoms with Crippen LogP contribution < -0.4 is 16.4 Å². The molecular formula is C13H15BrN4OS2. The molecule has 5 nitrogen and oxygen atoms in total. The molecule has 0 saturated heterocycles. The molecular weight excluding hydrogens is 372 g/mol. The first-order valence-electron chi connectivity index (χ1n) is 6.67. The molecule has 0 atom stereocenters. The van der Waals surface area contributed by atoms with E-state index in [-0.39, 0.29) is 5.91 Å². The molecule has 2 aromatic rings. The summed E-state index contributed by atoms with van der Waals surface area (Å²) in [4.78, 5) is 18.0. The lowest BCUT2D eigenvalue weighted by Crippen LogP contribution is -2.25. The lowest BCUT2D eigenvalue weighted by Gasteiger charge is -2.02. The van der Waals surface area contributed by atoms with Crippen LogP contribution in [0.4, 0.5) is 10.9 Å². The second-order valence-electron chi connectivity index (χ2n) is 4.86. The molecule has 0 aliphatic heterocycles. The summed E-state index contributed by atoms with van der Waals surface area (Å²) in [6, 6.07) is 4.57. The minimum Gasteiger partial charge on any atom is -0.382 e. The summed E-state index contributed by atoms with van der Waals surface area (Å²) in [5, 5.41) is 6.89. The third-order valence-corrected chi connectivity index (χ3v) is 5.73. The standard InChI is InChI=1S/C13H15BrN4OS2/c14-9-4-3-8(20-9)5-6-16-12(19)10-11(15)18-13(21-10)17-7-1-2-7/h3-4,7H,1-2,5-6,15H2,(H,16,19)(H,17,18). The highest BCUT2D eigenvalue weighted by atomic mass is 79.9. The summed E-state index contributed by atoms with van der Waals surface area (Å²) in [7, 11) is 0. The van der Waals surface area contributed by atoms with Gasteiger partial charge in [0.1, 0.15) is 10.7 Å². The van der Waals surface area contributed by atoms with Gasteiger partial charge in [0.05, 0.1) is 3.79 Å². The van der Waals surface area contributed by atoms with Crippen LogP contribution in [0.1, 0.15) is 27.4 Å². The normalized spacial score (nSPS) is 14.1. The number of carbonyl (C=O) groups is 1. The van der Waals surface area contributed by atoms with Gasteiger partial charge in [0.2, 0.25) is 0 Å². The topological polar surface area (TPSA) is 80.0 Å². The number of thiazole rings is 1. The first kappa shape index (κ1) is 14.8. The fourth-order valence-electron chi connectivity index (χ4n) is 1.82. The molecule has 1 saturated carbocycles. The van der Waals surface area contributed by atoms with Crippen molar-refractivity contribution in [1.82, 2.24) is 10.3 Å². The molecule has 2 aromatic heterocycles. The van der Waals surface area contributed by atoms with E-state index in [0.29, 0.717) is 23.3 Å². The van der Waals surface area contributed by atoms with Crippen LogP contribution in [0.5, 0.6) is 0 Å². The third kappa shape index (κ3) is 3.96. The predicted octanol–water partition coefficient (Wildman–Crippen LogP) is 3.10. The number of rotatable bonds is 6. The molecule has 1 fully saturated rings. The van der Waals surface area contributed by atoms with Crippen molar-refractivity contribution in [3.8, 4) is 0 Å². The molecule has 21 heavy (non-hydrogen) atoms. The quantitative estimate of drug-likeness (QED) is 0.712. The maximum absolute atomic E-state index is 12.1. The Labute approximate surface area is 139 Å². The van der Waals surface area contributed by atoms with Gasteiger partial charge in [-0.2, -0.15) is 0 Å². The maximum atomic E-state index is 12.1. The molecule has 1 aliphatic carbocycles. The zero-order chi connectivity index (χ0) is 14.8. The van der Waals surface area contributed by atoms with Crippen molar-refractivity contribution in [2.24, 2.45) is 0 Å². The van der Waals surface area contributed by atoms with Crippen LogP contribution in [0.25, 0.3) is 0 Å². The van der Waals surface area contributed by atoms with Crippen molar-refractivity contribution < 1.29 is 4.79 Å². The summed E-state index contributed by atoms with van der Waals surface area (Å²) in [6.45, 7) is 0.592. The lowest BCUT2D eigenvalue weighted by molar-refractivity contribution is 0.0959. The summed E-state index contributed by atoms with van der Waals surface area (Å²) in [5.41, 5.74) is 5.82. The van der Waals surface area contributed by atoms with E-state index in [2.05, 4.69) is 37.6 Å². The van der Waals surface area contributed by atoms with E-state index >= 15 is 0 Å². The monoisotopic (exact) mass is 386 g/mol. The van der Waals surface area contributed by atoms with E-state index < -0.39 is 0 Å². The maximum Gasteiger partial charge on any atom is 0.265 e. The Morgan fingerprint density at radius 1 is 1.43 bits per heavy atom. The fourth-order valence-corrected chi connectivity index (χ4v) is 4.18. The van der Waals surface area contributed by atoms with Crippen LogP contribution in [0.15, 0.2) is 15.9 Å². The average Bonchev–Trinajstić information content (AvgIpc) is 3.03. The zero-order valence-electron chi connectivity index (χ0n) is 11.2. The second kappa shape index (κ2) is 6.33. The average molecular weight is 387 g/mol. The SMILES string of the molecule is Nc1nc(NC2CC2)sc1C(=O)NCCc1ccc(Br)s1. The summed E-state index contributed by atoms with van der Waals surface area (Å²) in [5.74, 6) is 0.156. The summed E-state index contributed by atoms with van der Waals surface area (Å²) >= 11 is 6.43. The van der Waals surface area contributed by atoms with Crippen molar-refractivity contribution in [3.05, 3.63) is 25.7 Å². The number of nitrogens with one attached hydrogen (secondary N) is 2. The molecule has 3 rings (SSSR count). The van der Waals surface area contributed by atoms with Crippen LogP contribution in [-0.4, -0.2) is 23.5 Å². The number of anilines is 2. The highest BCUT2D eigenvalue weighted by Crippen LogP contribution is 2.30. The third-order valence-electron chi connectivity index (χ3n) is 3.05. The number of aromatic nitrogens is 1. The highest BCUT2D eigenvalue weighted by molar-refractivity contribution is 9.11. The van der Waals surface area contributed by atoms with E-state index in [4.69, 9.17) is 5.73 Å². The smallest absolute Gasteiger partial charge is 0.265 e. The largest absolute Gasteiger partial charge is 0.382 e. The van der Waals surface area contributed by atoms with Gasteiger partial charge in [0.15, 0.2) is 5.13 Å². The number of halogens is 1. The summed E-state index contributed by atoms with van der Waals surface area (Å²) < 4.78 is 1.10. The van der Waals surface area contributed by atoms with Crippen molar-refractivity contribution in [2.45, 2.75) is 25.3 Å². The molecule has 8 heteroatoms. The Morgan fingerprint density at radius 3 is 2.90 bits per heavy atom. The minimum atomic E-state index is -0.149. The second-order valence-corrected chi connectivity index (χ2v) is 8.41. The van der Waals surface area contributed by atoms with Crippen LogP contribution in [-0.2, 0) is 6.42 Å². The van der Waals surface area contributed by atoms with Crippen molar-refractivity contribution >= 4 is 55.5 Å². The molecule has 1 amide bonds. The number of amides is 1. The molecule has 1 aliphatic rings. The van der Waals surface area contributed by atoms with E-state index in [1.54, 1.807) is 11.3 Å². The molecule has 0 bridgehead atoms. The molecule has 0 spiro atoms. The Kier molecular flexibility index (Phi) is 4.46. The Bertz CT molecular complexity index is 650. The van der Waals surface area contributed by atoms with Crippen LogP contribution in [0.3, 0.4) is 0 Å². The number of nitrogens with zero attached hydrogens (tertiary/aromatic N) is 1. The van der Waals surface area contributed by atoms with E-state index in [0.717, 1.165) is 28.2 Å². The molecule has 0 radical (unpaired) electrons. The van der Waals surface area contributed by atoms with Gasteiger partial charge in [-0.15, -0.1) is 11.3 Å². The predicted molar refractivity (Wildman–Crippen MR) is 91.2 cm³/mol. The van der Waals surface area contributed by atoms with Crippen molar-refractivity contribution in [1.29, 1.82) is 0 Å². The first-order valence-corrected chi connectivity index (χ1v) is 9.09. The molecule has 2 heterocycles. The number of thiophene rings is 1. The number of hydrogen-bond acceptors (Lipinski definition) is 6. The Hall–Kier alpha value is -1.12. The fraction of sp³-hybridized carbons (Fsp3) is 0.385. The number of nitrogen functional groups attached to an aromatic ring is 1.